The molecule has 1 fully saturated rings. The molecule has 2 aromatic carbocycles. The molecule has 2 amide bonds. The Morgan fingerprint density at radius 2 is 1.92 bits per heavy atom. The first kappa shape index (κ1) is 25.2. The first-order valence-corrected chi connectivity index (χ1v) is 12.4. The Balaban J connectivity index is 1.42. The van der Waals surface area contributed by atoms with Crippen molar-refractivity contribution in [2.45, 2.75) is 32.7 Å². The molecule has 0 aliphatic carbocycles. The minimum atomic E-state index is -0.922. The summed E-state index contributed by atoms with van der Waals surface area (Å²) in [6.07, 6.45) is 1.72. The number of para-hydroxylation sites is 1. The molecular weight excluding hydrogens is 492 g/mol. The fourth-order valence-electron chi connectivity index (χ4n) is 4.86. The van der Waals surface area contributed by atoms with Crippen LogP contribution in [0.5, 0.6) is 5.88 Å². The molecule has 9 nitrogen and oxygen atoms in total. The summed E-state index contributed by atoms with van der Waals surface area (Å²) < 4.78 is 35.1. The van der Waals surface area contributed by atoms with Crippen molar-refractivity contribution in [1.82, 2.24) is 25.3 Å². The van der Waals surface area contributed by atoms with Gasteiger partial charge in [0.15, 0.2) is 11.6 Å². The monoisotopic (exact) mass is 521 g/mol. The Morgan fingerprint density at radius 1 is 1.13 bits per heavy atom. The zero-order chi connectivity index (χ0) is 26.8. The number of aromatic nitrogens is 4. The number of anilines is 2. The van der Waals surface area contributed by atoms with Crippen LogP contribution in [0.4, 0.5) is 25.1 Å². The van der Waals surface area contributed by atoms with E-state index >= 15 is 0 Å². The fourth-order valence-corrected chi connectivity index (χ4v) is 4.86. The molecule has 4 aromatic rings. The number of aromatic amines is 1. The maximum Gasteiger partial charge on any atom is 0.320 e. The molecule has 38 heavy (non-hydrogen) atoms. The van der Waals surface area contributed by atoms with Gasteiger partial charge in [-0.1, -0.05) is 24.3 Å². The highest BCUT2D eigenvalue weighted by atomic mass is 19.2. The van der Waals surface area contributed by atoms with Crippen LogP contribution in [0.3, 0.4) is 0 Å². The minimum Gasteiger partial charge on any atom is -0.477 e. The molecule has 11 heteroatoms. The summed E-state index contributed by atoms with van der Waals surface area (Å²) in [5.41, 5.74) is 3.82. The molecule has 0 unspecified atom stereocenters. The summed E-state index contributed by atoms with van der Waals surface area (Å²) in [6.45, 7) is 6.98. The van der Waals surface area contributed by atoms with E-state index in [1.807, 2.05) is 51.1 Å². The number of ether oxygens (including phenoxy) is 1. The number of carbonyl (C=O) groups is 1. The SMILES string of the molecule is CCOc1nn(-c2ccccc2)c(NC(=O)N[C@@H]2CN(c3cn[nH]c3C)C[C@H]2c2ccc(F)c(F)c2)c1C. The highest BCUT2D eigenvalue weighted by molar-refractivity contribution is 5.90. The van der Waals surface area contributed by atoms with E-state index in [1.54, 1.807) is 16.9 Å². The third kappa shape index (κ3) is 4.91. The molecule has 0 bridgehead atoms. The van der Waals surface area contributed by atoms with Gasteiger partial charge in [0.2, 0.25) is 5.88 Å². The second-order valence-corrected chi connectivity index (χ2v) is 9.23. The summed E-state index contributed by atoms with van der Waals surface area (Å²) >= 11 is 0. The number of carbonyl (C=O) groups excluding carboxylic acids is 1. The number of halogens is 2. The van der Waals surface area contributed by atoms with Crippen LogP contribution in [-0.4, -0.2) is 51.7 Å². The lowest BCUT2D eigenvalue weighted by atomic mass is 9.94. The van der Waals surface area contributed by atoms with Crippen LogP contribution in [0.25, 0.3) is 5.69 Å². The van der Waals surface area contributed by atoms with Crippen LogP contribution in [0.1, 0.15) is 29.7 Å². The number of aryl methyl sites for hydroxylation is 1. The average molecular weight is 522 g/mol. The van der Waals surface area contributed by atoms with Gasteiger partial charge >= 0.3 is 6.03 Å². The van der Waals surface area contributed by atoms with E-state index in [0.29, 0.717) is 42.5 Å². The summed E-state index contributed by atoms with van der Waals surface area (Å²) in [4.78, 5) is 15.4. The molecule has 198 valence electrons. The predicted molar refractivity (Wildman–Crippen MR) is 140 cm³/mol. The first-order chi connectivity index (χ1) is 18.4. The van der Waals surface area contributed by atoms with Gasteiger partial charge in [-0.25, -0.2) is 18.3 Å². The minimum absolute atomic E-state index is 0.288. The Morgan fingerprint density at radius 3 is 2.61 bits per heavy atom. The molecule has 0 radical (unpaired) electrons. The van der Waals surface area contributed by atoms with Gasteiger partial charge in [0, 0.05) is 19.0 Å². The van der Waals surface area contributed by atoms with Crippen molar-refractivity contribution in [2.75, 3.05) is 29.9 Å². The number of H-pyrrole nitrogens is 1. The van der Waals surface area contributed by atoms with Crippen molar-refractivity contribution in [2.24, 2.45) is 0 Å². The lowest BCUT2D eigenvalue weighted by molar-refractivity contribution is 0.248. The Bertz CT molecular complexity index is 1440. The second-order valence-electron chi connectivity index (χ2n) is 9.23. The largest absolute Gasteiger partial charge is 0.477 e. The molecular formula is C27H29F2N7O2. The van der Waals surface area contributed by atoms with E-state index in [4.69, 9.17) is 4.74 Å². The highest BCUT2D eigenvalue weighted by Crippen LogP contribution is 2.33. The Hall–Kier alpha value is -4.41. The molecule has 1 aliphatic heterocycles. The third-order valence-corrected chi connectivity index (χ3v) is 6.74. The van der Waals surface area contributed by atoms with Gasteiger partial charge in [-0.15, -0.1) is 5.10 Å². The summed E-state index contributed by atoms with van der Waals surface area (Å²) in [6, 6.07) is 12.5. The average Bonchev–Trinajstić information content (AvgIpc) is 3.60. The fraction of sp³-hybridized carbons (Fsp3) is 0.296. The first-order valence-electron chi connectivity index (χ1n) is 12.4. The molecule has 1 aliphatic rings. The smallest absolute Gasteiger partial charge is 0.320 e. The van der Waals surface area contributed by atoms with Crippen molar-refractivity contribution < 1.29 is 18.3 Å². The number of hydrogen-bond acceptors (Lipinski definition) is 5. The predicted octanol–water partition coefficient (Wildman–Crippen LogP) is 4.68. The van der Waals surface area contributed by atoms with E-state index in [1.165, 1.54) is 6.07 Å². The van der Waals surface area contributed by atoms with Crippen LogP contribution in [0, 0.1) is 25.5 Å². The summed E-state index contributed by atoms with van der Waals surface area (Å²) in [7, 11) is 0. The number of nitrogens with zero attached hydrogens (tertiary/aromatic N) is 4. The maximum atomic E-state index is 14.1. The third-order valence-electron chi connectivity index (χ3n) is 6.74. The normalized spacial score (nSPS) is 17.0. The van der Waals surface area contributed by atoms with Crippen molar-refractivity contribution in [1.29, 1.82) is 0 Å². The van der Waals surface area contributed by atoms with Crippen LogP contribution in [0.15, 0.2) is 54.7 Å². The zero-order valence-corrected chi connectivity index (χ0v) is 21.3. The van der Waals surface area contributed by atoms with Crippen LogP contribution in [-0.2, 0) is 0 Å². The molecule has 0 spiro atoms. The van der Waals surface area contributed by atoms with Crippen molar-refractivity contribution in [3.63, 3.8) is 0 Å². The molecule has 3 heterocycles. The lowest BCUT2D eigenvalue weighted by Gasteiger charge is -2.21. The molecule has 3 N–H and O–H groups in total. The zero-order valence-electron chi connectivity index (χ0n) is 21.3. The standard InChI is InChI=1S/C27H29F2N7O2/c1-4-38-26-16(2)25(36(34-26)19-8-6-5-7-9-19)32-27(37)31-23-15-35(24-13-30-33-17(24)3)14-20(23)18-10-11-21(28)22(29)12-18/h5-13,20,23H,4,14-15H2,1-3H3,(H,30,33)(H2,31,32,37)/t20-,23+/m0/s1. The van der Waals surface area contributed by atoms with Gasteiger partial charge < -0.3 is 15.0 Å². The molecule has 2 atom stereocenters. The lowest BCUT2D eigenvalue weighted by Crippen LogP contribution is -2.42. The Labute approximate surface area is 218 Å². The van der Waals surface area contributed by atoms with E-state index in [0.717, 1.165) is 23.1 Å². The van der Waals surface area contributed by atoms with Gasteiger partial charge in [-0.2, -0.15) is 5.10 Å². The molecule has 1 saturated heterocycles. The van der Waals surface area contributed by atoms with E-state index in [-0.39, 0.29) is 5.92 Å². The van der Waals surface area contributed by atoms with Crippen molar-refractivity contribution in [3.05, 3.63) is 83.2 Å². The summed E-state index contributed by atoms with van der Waals surface area (Å²) in [5, 5.41) is 17.6. The number of nitrogens with one attached hydrogen (secondary N) is 3. The van der Waals surface area contributed by atoms with Crippen LogP contribution in [0.2, 0.25) is 0 Å². The maximum absolute atomic E-state index is 14.1. The number of hydrogen-bond donors (Lipinski definition) is 3. The van der Waals surface area contributed by atoms with Crippen LogP contribution >= 0.6 is 0 Å². The van der Waals surface area contributed by atoms with Gasteiger partial charge in [0.1, 0.15) is 5.82 Å². The summed E-state index contributed by atoms with van der Waals surface area (Å²) in [5.74, 6) is -1.22. The number of amides is 2. The van der Waals surface area contributed by atoms with Crippen LogP contribution < -0.4 is 20.3 Å². The van der Waals surface area contributed by atoms with Crippen molar-refractivity contribution >= 4 is 17.5 Å². The van der Waals surface area contributed by atoms with Gasteiger partial charge in [0.25, 0.3) is 0 Å². The van der Waals surface area contributed by atoms with Crippen molar-refractivity contribution in [3.8, 4) is 11.6 Å². The number of urea groups is 1. The second kappa shape index (κ2) is 10.5. The molecule has 5 rings (SSSR count). The topological polar surface area (TPSA) is 100 Å². The Kier molecular flexibility index (Phi) is 6.99. The van der Waals surface area contributed by atoms with E-state index in [2.05, 4.69) is 30.8 Å². The van der Waals surface area contributed by atoms with E-state index < -0.39 is 23.7 Å². The van der Waals surface area contributed by atoms with E-state index in [9.17, 15) is 13.6 Å². The quantitative estimate of drug-likeness (QED) is 0.328. The molecule has 0 saturated carbocycles. The van der Waals surface area contributed by atoms with Gasteiger partial charge in [-0.3, -0.25) is 10.4 Å². The number of rotatable bonds is 7. The number of benzene rings is 2. The molecule has 2 aromatic heterocycles. The van der Waals surface area contributed by atoms with Gasteiger partial charge in [0.05, 0.1) is 41.5 Å². The van der Waals surface area contributed by atoms with Gasteiger partial charge in [-0.05, 0) is 50.6 Å². The highest BCUT2D eigenvalue weighted by Gasteiger charge is 2.36.